The number of hydrogen-bond donors (Lipinski definition) is 2. The molecule has 2 rings (SSSR count). The summed E-state index contributed by atoms with van der Waals surface area (Å²) in [6.07, 6.45) is 0. The molecule has 0 aliphatic carbocycles. The third kappa shape index (κ3) is 4.31. The summed E-state index contributed by atoms with van der Waals surface area (Å²) in [6, 6.07) is 16.9. The third-order valence-electron chi connectivity index (χ3n) is 3.75. The highest BCUT2D eigenvalue weighted by molar-refractivity contribution is 7.80. The minimum atomic E-state index is 0.200. The Hall–Kier alpha value is -1.87. The zero-order valence-electron chi connectivity index (χ0n) is 13.7. The molecule has 0 amide bonds. The Kier molecular flexibility index (Phi) is 5.56. The van der Waals surface area contributed by atoms with Gasteiger partial charge in [-0.2, -0.15) is 0 Å². The highest BCUT2D eigenvalue weighted by atomic mass is 32.1. The lowest BCUT2D eigenvalue weighted by atomic mass is 9.93. The molecule has 2 aromatic carbocycles. The van der Waals surface area contributed by atoms with Gasteiger partial charge >= 0.3 is 0 Å². The average Bonchev–Trinajstić information content (AvgIpc) is 2.45. The average molecular weight is 312 g/mol. The van der Waals surface area contributed by atoms with Crippen molar-refractivity contribution in [1.82, 2.24) is 5.32 Å². The first-order valence-corrected chi connectivity index (χ1v) is 8.08. The molecule has 22 heavy (non-hydrogen) atoms. The Labute approximate surface area is 139 Å². The van der Waals surface area contributed by atoms with Crippen LogP contribution in [0.5, 0.6) is 0 Å². The number of nitrogens with one attached hydrogen (secondary N) is 2. The largest absolute Gasteiger partial charge is 0.355 e. The van der Waals surface area contributed by atoms with Gasteiger partial charge in [0.15, 0.2) is 5.11 Å². The molecule has 0 aliphatic rings. The van der Waals surface area contributed by atoms with Crippen LogP contribution >= 0.6 is 12.2 Å². The van der Waals surface area contributed by atoms with Crippen LogP contribution in [0.25, 0.3) is 0 Å². The maximum absolute atomic E-state index is 5.50. The van der Waals surface area contributed by atoms with E-state index >= 15 is 0 Å². The minimum absolute atomic E-state index is 0.200. The fourth-order valence-electron chi connectivity index (χ4n) is 2.57. The molecule has 0 saturated heterocycles. The van der Waals surface area contributed by atoms with Gasteiger partial charge < -0.3 is 10.6 Å². The summed E-state index contributed by atoms with van der Waals surface area (Å²) in [5, 5.41) is 7.40. The van der Waals surface area contributed by atoms with E-state index in [1.807, 2.05) is 12.1 Å². The summed E-state index contributed by atoms with van der Waals surface area (Å²) in [4.78, 5) is 0. The molecule has 0 radical (unpaired) electrons. The fourth-order valence-corrected chi connectivity index (χ4v) is 2.82. The van der Waals surface area contributed by atoms with Gasteiger partial charge in [-0.1, -0.05) is 50.2 Å². The molecule has 0 aromatic heterocycles. The van der Waals surface area contributed by atoms with Crippen LogP contribution in [0.2, 0.25) is 0 Å². The van der Waals surface area contributed by atoms with E-state index in [0.29, 0.717) is 11.0 Å². The molecule has 0 bridgehead atoms. The lowest BCUT2D eigenvalue weighted by Crippen LogP contribution is -2.35. The van der Waals surface area contributed by atoms with E-state index in [2.05, 4.69) is 74.7 Å². The summed E-state index contributed by atoms with van der Waals surface area (Å²) < 4.78 is 0. The zero-order chi connectivity index (χ0) is 16.1. The number of thiocarbonyl (C=S) groups is 1. The molecule has 0 unspecified atom stereocenters. The van der Waals surface area contributed by atoms with Crippen molar-refractivity contribution in [2.75, 3.05) is 5.32 Å². The van der Waals surface area contributed by atoms with Crippen LogP contribution < -0.4 is 10.6 Å². The highest BCUT2D eigenvalue weighted by Crippen LogP contribution is 2.24. The molecule has 2 aromatic rings. The van der Waals surface area contributed by atoms with Crippen LogP contribution in [-0.4, -0.2) is 5.11 Å². The Morgan fingerprint density at radius 2 is 1.73 bits per heavy atom. The van der Waals surface area contributed by atoms with Gasteiger partial charge in [0.2, 0.25) is 0 Å². The van der Waals surface area contributed by atoms with Gasteiger partial charge in [0.25, 0.3) is 0 Å². The quantitative estimate of drug-likeness (QED) is 0.778. The standard InChI is InChI=1S/C19H24N2S/c1-13(2)18(17-11-6-5-9-15(17)4)21-19(22)20-16-10-7-8-14(3)12-16/h5-13,18H,1-4H3,(H2,20,21,22)/t18-/m1/s1. The number of aryl methyl sites for hydroxylation is 2. The van der Waals surface area contributed by atoms with Crippen molar-refractivity contribution in [2.24, 2.45) is 5.92 Å². The molecule has 0 fully saturated rings. The van der Waals surface area contributed by atoms with Crippen LogP contribution in [0.15, 0.2) is 48.5 Å². The van der Waals surface area contributed by atoms with E-state index in [4.69, 9.17) is 12.2 Å². The Bertz CT molecular complexity index is 649. The van der Waals surface area contributed by atoms with Crippen molar-refractivity contribution < 1.29 is 0 Å². The van der Waals surface area contributed by atoms with Crippen LogP contribution in [0.3, 0.4) is 0 Å². The van der Waals surface area contributed by atoms with Gasteiger partial charge in [0, 0.05) is 5.69 Å². The molecule has 0 heterocycles. The SMILES string of the molecule is Cc1cccc(NC(=S)N[C@@H](c2ccccc2C)C(C)C)c1. The van der Waals surface area contributed by atoms with Gasteiger partial charge in [0.05, 0.1) is 6.04 Å². The second-order valence-electron chi connectivity index (χ2n) is 6.05. The number of benzene rings is 2. The second kappa shape index (κ2) is 7.41. The molecule has 1 atom stereocenters. The van der Waals surface area contributed by atoms with Crippen molar-refractivity contribution in [3.05, 3.63) is 65.2 Å². The normalized spacial score (nSPS) is 12.0. The summed E-state index contributed by atoms with van der Waals surface area (Å²) in [7, 11) is 0. The van der Waals surface area contributed by atoms with Crippen molar-refractivity contribution in [3.63, 3.8) is 0 Å². The van der Waals surface area contributed by atoms with E-state index in [0.717, 1.165) is 5.69 Å². The van der Waals surface area contributed by atoms with E-state index in [-0.39, 0.29) is 6.04 Å². The first kappa shape index (κ1) is 16.5. The first-order chi connectivity index (χ1) is 10.5. The molecular formula is C19H24N2S. The molecule has 116 valence electrons. The van der Waals surface area contributed by atoms with Gasteiger partial charge in [-0.3, -0.25) is 0 Å². The summed E-state index contributed by atoms with van der Waals surface area (Å²) >= 11 is 5.50. The summed E-state index contributed by atoms with van der Waals surface area (Å²) in [6.45, 7) is 8.63. The molecule has 2 N–H and O–H groups in total. The van der Waals surface area contributed by atoms with Crippen molar-refractivity contribution in [1.29, 1.82) is 0 Å². The summed E-state index contributed by atoms with van der Waals surface area (Å²) in [5.41, 5.74) is 4.81. The van der Waals surface area contributed by atoms with Gasteiger partial charge in [-0.15, -0.1) is 0 Å². The number of hydrogen-bond acceptors (Lipinski definition) is 1. The maximum atomic E-state index is 5.50. The predicted molar refractivity (Wildman–Crippen MR) is 99.3 cm³/mol. The molecule has 0 aliphatic heterocycles. The van der Waals surface area contributed by atoms with E-state index in [1.165, 1.54) is 16.7 Å². The van der Waals surface area contributed by atoms with Crippen molar-refractivity contribution >= 4 is 23.0 Å². The Morgan fingerprint density at radius 3 is 2.36 bits per heavy atom. The third-order valence-corrected chi connectivity index (χ3v) is 3.97. The topological polar surface area (TPSA) is 24.1 Å². The number of rotatable bonds is 4. The first-order valence-electron chi connectivity index (χ1n) is 7.67. The van der Waals surface area contributed by atoms with Gasteiger partial charge in [0.1, 0.15) is 0 Å². The molecular weight excluding hydrogens is 288 g/mol. The highest BCUT2D eigenvalue weighted by Gasteiger charge is 2.18. The van der Waals surface area contributed by atoms with Crippen LogP contribution in [0.4, 0.5) is 5.69 Å². The van der Waals surface area contributed by atoms with Gasteiger partial charge in [-0.25, -0.2) is 0 Å². The van der Waals surface area contributed by atoms with Crippen LogP contribution in [0, 0.1) is 19.8 Å². The van der Waals surface area contributed by atoms with E-state index < -0.39 is 0 Å². The van der Waals surface area contributed by atoms with Gasteiger partial charge in [-0.05, 0) is 60.8 Å². The molecule has 3 heteroatoms. The Morgan fingerprint density at radius 1 is 1.00 bits per heavy atom. The number of anilines is 1. The predicted octanol–water partition coefficient (Wildman–Crippen LogP) is 4.99. The molecule has 2 nitrogen and oxygen atoms in total. The molecule has 0 saturated carbocycles. The van der Waals surface area contributed by atoms with Crippen molar-refractivity contribution in [2.45, 2.75) is 33.7 Å². The lowest BCUT2D eigenvalue weighted by Gasteiger charge is -2.26. The smallest absolute Gasteiger partial charge is 0.171 e. The second-order valence-corrected chi connectivity index (χ2v) is 6.45. The fraction of sp³-hybridized carbons (Fsp3) is 0.316. The maximum Gasteiger partial charge on any atom is 0.171 e. The van der Waals surface area contributed by atoms with Crippen LogP contribution in [-0.2, 0) is 0 Å². The molecule has 0 spiro atoms. The minimum Gasteiger partial charge on any atom is -0.355 e. The van der Waals surface area contributed by atoms with Crippen molar-refractivity contribution in [3.8, 4) is 0 Å². The summed E-state index contributed by atoms with van der Waals surface area (Å²) in [5.74, 6) is 0.443. The lowest BCUT2D eigenvalue weighted by molar-refractivity contribution is 0.471. The van der Waals surface area contributed by atoms with E-state index in [1.54, 1.807) is 0 Å². The Balaban J connectivity index is 2.11. The van der Waals surface area contributed by atoms with E-state index in [9.17, 15) is 0 Å². The van der Waals surface area contributed by atoms with Crippen LogP contribution in [0.1, 0.15) is 36.6 Å². The zero-order valence-corrected chi connectivity index (χ0v) is 14.5. The monoisotopic (exact) mass is 312 g/mol.